The highest BCUT2D eigenvalue weighted by Gasteiger charge is 2.02. The largest absolute Gasteiger partial charge is 0.487 e. The molecular formula is C15H15ClN2O. The molecule has 0 unspecified atom stereocenters. The van der Waals surface area contributed by atoms with Gasteiger partial charge in [0.25, 0.3) is 0 Å². The van der Waals surface area contributed by atoms with Gasteiger partial charge in [0.15, 0.2) is 0 Å². The van der Waals surface area contributed by atoms with Crippen molar-refractivity contribution in [1.29, 1.82) is 0 Å². The van der Waals surface area contributed by atoms with Crippen LogP contribution in [0.3, 0.4) is 0 Å². The maximum Gasteiger partial charge on any atom is 0.130 e. The van der Waals surface area contributed by atoms with Crippen LogP contribution in [0.15, 0.2) is 30.3 Å². The van der Waals surface area contributed by atoms with Crippen molar-refractivity contribution >= 4 is 11.6 Å². The summed E-state index contributed by atoms with van der Waals surface area (Å²) in [5.74, 6) is 6.93. The van der Waals surface area contributed by atoms with Crippen LogP contribution in [-0.4, -0.2) is 15.7 Å². The molecule has 0 fully saturated rings. The van der Waals surface area contributed by atoms with Gasteiger partial charge in [-0.3, -0.25) is 4.68 Å². The lowest BCUT2D eigenvalue weighted by atomic mass is 10.2. The van der Waals surface area contributed by atoms with Crippen LogP contribution >= 0.6 is 11.6 Å². The molecule has 98 valence electrons. The minimum absolute atomic E-state index is 0.345. The fourth-order valence-corrected chi connectivity index (χ4v) is 1.79. The smallest absolute Gasteiger partial charge is 0.130 e. The molecule has 0 amide bonds. The van der Waals surface area contributed by atoms with Gasteiger partial charge in [-0.1, -0.05) is 11.8 Å². The summed E-state index contributed by atoms with van der Waals surface area (Å²) in [6, 6.07) is 9.66. The summed E-state index contributed by atoms with van der Waals surface area (Å²) in [4.78, 5) is 0. The van der Waals surface area contributed by atoms with Gasteiger partial charge in [0.2, 0.25) is 0 Å². The lowest BCUT2D eigenvalue weighted by molar-refractivity contribution is 0.295. The number of aryl methyl sites for hydroxylation is 2. The van der Waals surface area contributed by atoms with Gasteiger partial charge in [0.05, 0.1) is 17.3 Å². The molecule has 0 bridgehead atoms. The van der Waals surface area contributed by atoms with E-state index in [1.807, 2.05) is 49.0 Å². The molecule has 1 heterocycles. The van der Waals surface area contributed by atoms with Crippen LogP contribution in [0.5, 0.6) is 5.75 Å². The molecule has 0 saturated carbocycles. The average molecular weight is 275 g/mol. The summed E-state index contributed by atoms with van der Waals surface area (Å²) in [5.41, 5.74) is 2.97. The summed E-state index contributed by atoms with van der Waals surface area (Å²) < 4.78 is 7.54. The Morgan fingerprint density at radius 2 is 2.05 bits per heavy atom. The van der Waals surface area contributed by atoms with Crippen molar-refractivity contribution in [1.82, 2.24) is 9.78 Å². The molecule has 1 aromatic heterocycles. The zero-order valence-electron chi connectivity index (χ0n) is 11.0. The molecular weight excluding hydrogens is 260 g/mol. The van der Waals surface area contributed by atoms with Gasteiger partial charge in [-0.15, -0.1) is 11.6 Å². The Morgan fingerprint density at radius 1 is 1.32 bits per heavy atom. The second-order valence-corrected chi connectivity index (χ2v) is 4.42. The number of rotatable bonds is 3. The van der Waals surface area contributed by atoms with Crippen molar-refractivity contribution in [3.63, 3.8) is 0 Å². The first-order valence-corrected chi connectivity index (χ1v) is 6.49. The van der Waals surface area contributed by atoms with Crippen LogP contribution < -0.4 is 4.74 Å². The van der Waals surface area contributed by atoms with E-state index in [1.165, 1.54) is 0 Å². The molecule has 0 N–H and O–H groups in total. The van der Waals surface area contributed by atoms with Gasteiger partial charge in [-0.05, 0) is 37.3 Å². The molecule has 0 aliphatic rings. The first-order valence-electron chi connectivity index (χ1n) is 5.96. The van der Waals surface area contributed by atoms with E-state index in [-0.39, 0.29) is 0 Å². The summed E-state index contributed by atoms with van der Waals surface area (Å²) in [7, 11) is 1.91. The summed E-state index contributed by atoms with van der Waals surface area (Å²) in [5, 5.41) is 4.28. The number of hydrogen-bond acceptors (Lipinski definition) is 2. The summed E-state index contributed by atoms with van der Waals surface area (Å²) in [6.45, 7) is 2.47. The number of halogens is 1. The number of nitrogens with zero attached hydrogens (tertiary/aromatic N) is 2. The molecule has 0 saturated heterocycles. The molecule has 0 aliphatic heterocycles. The van der Waals surface area contributed by atoms with E-state index >= 15 is 0 Å². The third kappa shape index (κ3) is 3.77. The highest BCUT2D eigenvalue weighted by Crippen LogP contribution is 2.14. The van der Waals surface area contributed by atoms with E-state index in [0.717, 1.165) is 22.7 Å². The molecule has 0 aliphatic carbocycles. The van der Waals surface area contributed by atoms with E-state index in [2.05, 4.69) is 16.9 Å². The number of ether oxygens (including phenoxy) is 1. The summed E-state index contributed by atoms with van der Waals surface area (Å²) in [6.07, 6.45) is 0. The fourth-order valence-electron chi connectivity index (χ4n) is 1.73. The second kappa shape index (κ2) is 6.31. The van der Waals surface area contributed by atoms with E-state index in [9.17, 15) is 0 Å². The molecule has 0 atom stereocenters. The zero-order valence-corrected chi connectivity index (χ0v) is 11.7. The predicted octanol–water partition coefficient (Wildman–Crippen LogP) is 2.90. The maximum atomic E-state index is 5.71. The minimum Gasteiger partial charge on any atom is -0.487 e. The van der Waals surface area contributed by atoms with Gasteiger partial charge >= 0.3 is 0 Å². The topological polar surface area (TPSA) is 27.1 Å². The average Bonchev–Trinajstić information content (AvgIpc) is 2.73. The molecule has 19 heavy (non-hydrogen) atoms. The lowest BCUT2D eigenvalue weighted by Crippen LogP contribution is -2.02. The van der Waals surface area contributed by atoms with Gasteiger partial charge in [0, 0.05) is 12.6 Å². The van der Waals surface area contributed by atoms with E-state index in [4.69, 9.17) is 16.3 Å². The molecule has 2 rings (SSSR count). The monoisotopic (exact) mass is 274 g/mol. The quantitative estimate of drug-likeness (QED) is 0.636. The van der Waals surface area contributed by atoms with Crippen molar-refractivity contribution in [2.45, 2.75) is 13.5 Å². The maximum absolute atomic E-state index is 5.71. The number of benzene rings is 1. The van der Waals surface area contributed by atoms with Crippen molar-refractivity contribution in [2.24, 2.45) is 7.05 Å². The first-order chi connectivity index (χ1) is 9.19. The van der Waals surface area contributed by atoms with Gasteiger partial charge in [0.1, 0.15) is 12.4 Å². The standard InChI is InChI=1S/C15H15ClN2O/c1-12-10-14(18(2)17-12)11-19-15-7-5-13(6-8-15)4-3-9-16/h5-8,10H,9,11H2,1-2H3. The minimum atomic E-state index is 0.345. The fraction of sp³-hybridized carbons (Fsp3) is 0.267. The molecule has 3 nitrogen and oxygen atoms in total. The van der Waals surface area contributed by atoms with Gasteiger partial charge in [-0.25, -0.2) is 0 Å². The molecule has 1 aromatic carbocycles. The third-order valence-corrected chi connectivity index (χ3v) is 2.77. The van der Waals surface area contributed by atoms with Crippen molar-refractivity contribution in [2.75, 3.05) is 5.88 Å². The Labute approximate surface area is 118 Å². The Balaban J connectivity index is 1.98. The first kappa shape index (κ1) is 13.5. The van der Waals surface area contributed by atoms with Crippen LogP contribution in [-0.2, 0) is 13.7 Å². The third-order valence-electron chi connectivity index (χ3n) is 2.64. The van der Waals surface area contributed by atoms with Crippen LogP contribution in [0.1, 0.15) is 17.0 Å². The highest BCUT2D eigenvalue weighted by molar-refractivity contribution is 6.19. The normalized spacial score (nSPS) is 9.84. The van der Waals surface area contributed by atoms with Crippen LogP contribution in [0.4, 0.5) is 0 Å². The lowest BCUT2D eigenvalue weighted by Gasteiger charge is -2.06. The van der Waals surface area contributed by atoms with Gasteiger partial charge in [-0.2, -0.15) is 5.10 Å². The van der Waals surface area contributed by atoms with E-state index in [0.29, 0.717) is 12.5 Å². The molecule has 0 spiro atoms. The zero-order chi connectivity index (χ0) is 13.7. The SMILES string of the molecule is Cc1cc(COc2ccc(C#CCCl)cc2)n(C)n1. The predicted molar refractivity (Wildman–Crippen MR) is 76.3 cm³/mol. The van der Waals surface area contributed by atoms with Crippen LogP contribution in [0, 0.1) is 18.8 Å². The second-order valence-electron chi connectivity index (χ2n) is 4.15. The molecule has 2 aromatic rings. The number of hydrogen-bond donors (Lipinski definition) is 0. The Kier molecular flexibility index (Phi) is 4.48. The van der Waals surface area contributed by atoms with Crippen molar-refractivity contribution in [3.8, 4) is 17.6 Å². The van der Waals surface area contributed by atoms with Crippen LogP contribution in [0.2, 0.25) is 0 Å². The summed E-state index contributed by atoms with van der Waals surface area (Å²) >= 11 is 5.51. The van der Waals surface area contributed by atoms with E-state index in [1.54, 1.807) is 0 Å². The Bertz CT molecular complexity index is 605. The van der Waals surface area contributed by atoms with Crippen molar-refractivity contribution in [3.05, 3.63) is 47.3 Å². The number of alkyl halides is 1. The van der Waals surface area contributed by atoms with E-state index < -0.39 is 0 Å². The molecule has 4 heteroatoms. The highest BCUT2D eigenvalue weighted by atomic mass is 35.5. The van der Waals surface area contributed by atoms with Gasteiger partial charge < -0.3 is 4.74 Å². The van der Waals surface area contributed by atoms with Crippen LogP contribution in [0.25, 0.3) is 0 Å². The molecule has 0 radical (unpaired) electrons. The Hall–Kier alpha value is -1.92. The number of aromatic nitrogens is 2. The van der Waals surface area contributed by atoms with Crippen molar-refractivity contribution < 1.29 is 4.74 Å². The Morgan fingerprint density at radius 3 is 2.63 bits per heavy atom.